The Kier molecular flexibility index (Phi) is 4.54. The van der Waals surface area contributed by atoms with Crippen LogP contribution in [0.5, 0.6) is 0 Å². The Bertz CT molecular complexity index is 164. The average Bonchev–Trinajstić information content (AvgIpc) is 1.78. The van der Waals surface area contributed by atoms with E-state index in [2.05, 4.69) is 4.74 Å². The summed E-state index contributed by atoms with van der Waals surface area (Å²) in [5.41, 5.74) is 0. The lowest BCUT2D eigenvalue weighted by Gasteiger charge is -1.98. The van der Waals surface area contributed by atoms with E-state index < -0.39 is 10.3 Å². The Morgan fingerprint density at radius 3 is 2.60 bits per heavy atom. The van der Waals surface area contributed by atoms with Gasteiger partial charge in [0, 0.05) is 20.3 Å². The summed E-state index contributed by atoms with van der Waals surface area (Å²) in [5, 5.41) is 0. The maximum absolute atomic E-state index is 10.00. The van der Waals surface area contributed by atoms with Gasteiger partial charge in [0.05, 0.1) is 0 Å². The summed E-state index contributed by atoms with van der Waals surface area (Å²) >= 11 is 0. The minimum atomic E-state index is -4.01. The number of ether oxygens (including phenoxy) is 1. The van der Waals surface area contributed by atoms with E-state index >= 15 is 0 Å². The molecule has 0 fully saturated rings. The average molecular weight is 169 g/mol. The largest absolute Gasteiger partial charge is 0.385 e. The molecule has 0 heterocycles. The summed E-state index contributed by atoms with van der Waals surface area (Å²) in [7, 11) is -2.49. The molecule has 0 bridgehead atoms. The van der Waals surface area contributed by atoms with Gasteiger partial charge in [-0.3, -0.25) is 4.55 Å². The standard InChI is InChI=1S/C4H11NO4S/c1-9-4-2-3-5-10(6,7)8/h5H,2-4H2,1H3,(H,6,7,8). The Morgan fingerprint density at radius 2 is 2.20 bits per heavy atom. The first kappa shape index (κ1) is 9.83. The molecule has 0 aliphatic carbocycles. The zero-order valence-corrected chi connectivity index (χ0v) is 6.52. The summed E-state index contributed by atoms with van der Waals surface area (Å²) in [6.45, 7) is 0.676. The smallest absolute Gasteiger partial charge is 0.333 e. The molecule has 0 spiro atoms. The van der Waals surface area contributed by atoms with Crippen LogP contribution < -0.4 is 4.72 Å². The number of methoxy groups -OCH3 is 1. The van der Waals surface area contributed by atoms with E-state index in [0.717, 1.165) is 0 Å². The third-order valence-corrected chi connectivity index (χ3v) is 1.38. The van der Waals surface area contributed by atoms with Gasteiger partial charge in [-0.15, -0.1) is 0 Å². The van der Waals surface area contributed by atoms with Gasteiger partial charge in [0.1, 0.15) is 0 Å². The van der Waals surface area contributed by atoms with Gasteiger partial charge >= 0.3 is 10.3 Å². The first-order chi connectivity index (χ1) is 4.56. The lowest BCUT2D eigenvalue weighted by atomic mass is 10.5. The van der Waals surface area contributed by atoms with Crippen LogP contribution in [0, 0.1) is 0 Å². The fourth-order valence-electron chi connectivity index (χ4n) is 0.418. The van der Waals surface area contributed by atoms with E-state index in [1.807, 2.05) is 4.72 Å². The topological polar surface area (TPSA) is 75.6 Å². The first-order valence-electron chi connectivity index (χ1n) is 2.77. The van der Waals surface area contributed by atoms with Crippen LogP contribution in [0.25, 0.3) is 0 Å². The minimum absolute atomic E-state index is 0.201. The van der Waals surface area contributed by atoms with E-state index in [9.17, 15) is 8.42 Å². The van der Waals surface area contributed by atoms with Gasteiger partial charge in [0.15, 0.2) is 0 Å². The molecule has 0 amide bonds. The summed E-state index contributed by atoms with van der Waals surface area (Å²) in [4.78, 5) is 0. The molecule has 62 valence electrons. The normalized spacial score (nSPS) is 11.8. The number of rotatable bonds is 5. The number of nitrogens with one attached hydrogen (secondary N) is 1. The summed E-state index contributed by atoms with van der Waals surface area (Å²) < 4.78 is 34.7. The molecule has 0 atom stereocenters. The van der Waals surface area contributed by atoms with Gasteiger partial charge in [-0.1, -0.05) is 0 Å². The Hall–Kier alpha value is -0.170. The fourth-order valence-corrected chi connectivity index (χ4v) is 0.820. The van der Waals surface area contributed by atoms with Gasteiger partial charge in [-0.25, -0.2) is 0 Å². The Morgan fingerprint density at radius 1 is 1.60 bits per heavy atom. The predicted molar refractivity (Wildman–Crippen MR) is 36.0 cm³/mol. The summed E-state index contributed by atoms with van der Waals surface area (Å²) in [5.74, 6) is 0. The molecule has 0 saturated heterocycles. The van der Waals surface area contributed by atoms with Crippen molar-refractivity contribution in [1.82, 2.24) is 4.72 Å². The molecule has 0 aromatic rings. The van der Waals surface area contributed by atoms with Gasteiger partial charge < -0.3 is 4.74 Å². The van der Waals surface area contributed by atoms with Crippen LogP contribution in [0.2, 0.25) is 0 Å². The van der Waals surface area contributed by atoms with Crippen molar-refractivity contribution >= 4 is 10.3 Å². The van der Waals surface area contributed by atoms with Crippen molar-refractivity contribution in [3.8, 4) is 0 Å². The third kappa shape index (κ3) is 7.83. The van der Waals surface area contributed by atoms with Crippen molar-refractivity contribution in [1.29, 1.82) is 0 Å². The van der Waals surface area contributed by atoms with Crippen molar-refractivity contribution < 1.29 is 17.7 Å². The number of hydrogen-bond donors (Lipinski definition) is 2. The van der Waals surface area contributed by atoms with Crippen LogP contribution in [0.3, 0.4) is 0 Å². The maximum Gasteiger partial charge on any atom is 0.333 e. The predicted octanol–water partition coefficient (Wildman–Crippen LogP) is -0.585. The molecule has 10 heavy (non-hydrogen) atoms. The van der Waals surface area contributed by atoms with Gasteiger partial charge in [0.25, 0.3) is 0 Å². The second-order valence-electron chi connectivity index (χ2n) is 1.72. The zero-order valence-electron chi connectivity index (χ0n) is 5.70. The number of hydrogen-bond acceptors (Lipinski definition) is 3. The van der Waals surface area contributed by atoms with Gasteiger partial charge in [-0.2, -0.15) is 13.1 Å². The van der Waals surface area contributed by atoms with Crippen LogP contribution in [-0.2, 0) is 15.0 Å². The molecule has 0 rings (SSSR count). The Balaban J connectivity index is 3.21. The van der Waals surface area contributed by atoms with Crippen molar-refractivity contribution in [3.05, 3.63) is 0 Å². The van der Waals surface area contributed by atoms with Crippen LogP contribution in [0.15, 0.2) is 0 Å². The van der Waals surface area contributed by atoms with Crippen LogP contribution in [0.1, 0.15) is 6.42 Å². The van der Waals surface area contributed by atoms with E-state index in [1.54, 1.807) is 0 Å². The van der Waals surface area contributed by atoms with Crippen LogP contribution in [-0.4, -0.2) is 33.2 Å². The van der Waals surface area contributed by atoms with E-state index in [1.165, 1.54) is 7.11 Å². The summed E-state index contributed by atoms with van der Waals surface area (Å²) in [6, 6.07) is 0. The third-order valence-electron chi connectivity index (χ3n) is 0.810. The van der Waals surface area contributed by atoms with Crippen molar-refractivity contribution in [3.63, 3.8) is 0 Å². The molecule has 6 heteroatoms. The molecule has 2 N–H and O–H groups in total. The fraction of sp³-hybridized carbons (Fsp3) is 1.00. The SMILES string of the molecule is COCCCNS(=O)(=O)O. The van der Waals surface area contributed by atoms with Crippen LogP contribution >= 0.6 is 0 Å². The first-order valence-corrected chi connectivity index (χ1v) is 4.21. The van der Waals surface area contributed by atoms with E-state index in [4.69, 9.17) is 4.55 Å². The van der Waals surface area contributed by atoms with Crippen molar-refractivity contribution in [2.24, 2.45) is 0 Å². The zero-order chi connectivity index (χ0) is 8.04. The lowest BCUT2D eigenvalue weighted by molar-refractivity contribution is 0.195. The minimum Gasteiger partial charge on any atom is -0.385 e. The molecule has 5 nitrogen and oxygen atoms in total. The second-order valence-corrected chi connectivity index (χ2v) is 2.95. The molecule has 0 aromatic heterocycles. The highest BCUT2D eigenvalue weighted by Gasteiger charge is 1.99. The summed E-state index contributed by atoms with van der Waals surface area (Å²) in [6.07, 6.45) is 0.552. The van der Waals surface area contributed by atoms with Gasteiger partial charge in [0.2, 0.25) is 0 Å². The highest BCUT2D eigenvalue weighted by atomic mass is 32.2. The monoisotopic (exact) mass is 169 g/mol. The molecular weight excluding hydrogens is 158 g/mol. The molecule has 0 aliphatic heterocycles. The quantitative estimate of drug-likeness (QED) is 0.426. The van der Waals surface area contributed by atoms with E-state index in [0.29, 0.717) is 13.0 Å². The molecule has 0 aromatic carbocycles. The maximum atomic E-state index is 10.00. The molecule has 0 radical (unpaired) electrons. The van der Waals surface area contributed by atoms with Crippen molar-refractivity contribution in [2.75, 3.05) is 20.3 Å². The van der Waals surface area contributed by atoms with Gasteiger partial charge in [-0.05, 0) is 6.42 Å². The molecule has 0 unspecified atom stereocenters. The molecule has 0 saturated carbocycles. The van der Waals surface area contributed by atoms with E-state index in [-0.39, 0.29) is 6.54 Å². The Labute approximate surface area is 60.3 Å². The molecular formula is C4H11NO4S. The van der Waals surface area contributed by atoms with Crippen molar-refractivity contribution in [2.45, 2.75) is 6.42 Å². The molecule has 0 aliphatic rings. The highest BCUT2D eigenvalue weighted by molar-refractivity contribution is 7.83. The van der Waals surface area contributed by atoms with Crippen LogP contribution in [0.4, 0.5) is 0 Å². The highest BCUT2D eigenvalue weighted by Crippen LogP contribution is 1.79. The second kappa shape index (κ2) is 4.62. The lowest BCUT2D eigenvalue weighted by Crippen LogP contribution is -2.24.